The van der Waals surface area contributed by atoms with E-state index in [9.17, 15) is 0 Å². The normalized spacial score (nSPS) is 21.0. The number of rotatable bonds is 7. The first-order valence-electron chi connectivity index (χ1n) is 7.07. The quantitative estimate of drug-likeness (QED) is 0.756. The fraction of sp³-hybridized carbons (Fsp3) is 1.00. The molecule has 1 unspecified atom stereocenters. The van der Waals surface area contributed by atoms with Gasteiger partial charge < -0.3 is 10.2 Å². The molecule has 0 amide bonds. The standard InChI is InChI=1S/C14H30N2S/c1-12(2)9-15-10-13(3)11-16-7-5-14(17-4)6-8-16/h12-15H,5-11H2,1-4H3. The van der Waals surface area contributed by atoms with Crippen molar-refractivity contribution in [1.29, 1.82) is 0 Å². The van der Waals surface area contributed by atoms with Gasteiger partial charge in [0.15, 0.2) is 0 Å². The molecule has 1 N–H and O–H groups in total. The van der Waals surface area contributed by atoms with Crippen molar-refractivity contribution in [3.8, 4) is 0 Å². The lowest BCUT2D eigenvalue weighted by molar-refractivity contribution is 0.202. The molecule has 2 nitrogen and oxygen atoms in total. The Labute approximate surface area is 112 Å². The highest BCUT2D eigenvalue weighted by Crippen LogP contribution is 2.21. The Balaban J connectivity index is 2.08. The third-order valence-electron chi connectivity index (χ3n) is 3.48. The average Bonchev–Trinajstić information content (AvgIpc) is 2.29. The van der Waals surface area contributed by atoms with E-state index in [1.165, 1.54) is 39.0 Å². The van der Waals surface area contributed by atoms with E-state index in [4.69, 9.17) is 0 Å². The van der Waals surface area contributed by atoms with Gasteiger partial charge in [0.2, 0.25) is 0 Å². The van der Waals surface area contributed by atoms with Crippen molar-refractivity contribution < 1.29 is 0 Å². The van der Waals surface area contributed by atoms with Gasteiger partial charge >= 0.3 is 0 Å². The van der Waals surface area contributed by atoms with Crippen LogP contribution in [0.15, 0.2) is 0 Å². The Morgan fingerprint density at radius 3 is 2.35 bits per heavy atom. The Morgan fingerprint density at radius 2 is 1.82 bits per heavy atom. The molecule has 0 aliphatic carbocycles. The summed E-state index contributed by atoms with van der Waals surface area (Å²) in [4.78, 5) is 2.65. The predicted octanol–water partition coefficient (Wildman–Crippen LogP) is 2.70. The molecule has 1 fully saturated rings. The summed E-state index contributed by atoms with van der Waals surface area (Å²) in [6.07, 6.45) is 5.01. The second-order valence-corrected chi connectivity index (χ2v) is 7.03. The molecule has 0 saturated carbocycles. The summed E-state index contributed by atoms with van der Waals surface area (Å²) < 4.78 is 0. The first-order chi connectivity index (χ1) is 8.11. The fourth-order valence-corrected chi connectivity index (χ4v) is 3.13. The van der Waals surface area contributed by atoms with Crippen LogP contribution in [-0.2, 0) is 0 Å². The van der Waals surface area contributed by atoms with Crippen LogP contribution >= 0.6 is 11.8 Å². The van der Waals surface area contributed by atoms with E-state index in [0.717, 1.165) is 23.6 Å². The molecule has 1 heterocycles. The van der Waals surface area contributed by atoms with Crippen LogP contribution in [0.3, 0.4) is 0 Å². The van der Waals surface area contributed by atoms with Crippen LogP contribution < -0.4 is 5.32 Å². The van der Waals surface area contributed by atoms with Gasteiger partial charge in [-0.1, -0.05) is 20.8 Å². The summed E-state index contributed by atoms with van der Waals surface area (Å²) in [7, 11) is 0. The molecule has 3 heteroatoms. The van der Waals surface area contributed by atoms with Crippen LogP contribution in [0.5, 0.6) is 0 Å². The first-order valence-corrected chi connectivity index (χ1v) is 8.36. The van der Waals surface area contributed by atoms with E-state index < -0.39 is 0 Å². The summed E-state index contributed by atoms with van der Waals surface area (Å²) in [5, 5.41) is 4.48. The molecular formula is C14H30N2S. The maximum absolute atomic E-state index is 3.56. The first kappa shape index (κ1) is 15.3. The highest BCUT2D eigenvalue weighted by molar-refractivity contribution is 7.99. The van der Waals surface area contributed by atoms with E-state index >= 15 is 0 Å². The van der Waals surface area contributed by atoms with Gasteiger partial charge in [-0.3, -0.25) is 0 Å². The van der Waals surface area contributed by atoms with Crippen LogP contribution in [0, 0.1) is 11.8 Å². The molecule has 0 aromatic carbocycles. The van der Waals surface area contributed by atoms with Crippen LogP contribution in [0.2, 0.25) is 0 Å². The zero-order valence-corrected chi connectivity index (χ0v) is 12.9. The Bertz CT molecular complexity index is 189. The number of nitrogens with zero attached hydrogens (tertiary/aromatic N) is 1. The second kappa shape index (κ2) is 8.39. The van der Waals surface area contributed by atoms with Crippen LogP contribution in [0.1, 0.15) is 33.6 Å². The number of likely N-dealkylation sites (tertiary alicyclic amines) is 1. The molecule has 1 aliphatic rings. The number of hydrogen-bond acceptors (Lipinski definition) is 3. The largest absolute Gasteiger partial charge is 0.316 e. The minimum Gasteiger partial charge on any atom is -0.316 e. The molecule has 0 spiro atoms. The number of thioether (sulfide) groups is 1. The number of piperidine rings is 1. The van der Waals surface area contributed by atoms with Gasteiger partial charge in [0.1, 0.15) is 0 Å². The van der Waals surface area contributed by atoms with Gasteiger partial charge in [0.25, 0.3) is 0 Å². The lowest BCUT2D eigenvalue weighted by Gasteiger charge is -2.33. The number of hydrogen-bond donors (Lipinski definition) is 1. The van der Waals surface area contributed by atoms with Crippen molar-refractivity contribution in [2.24, 2.45) is 11.8 Å². The van der Waals surface area contributed by atoms with E-state index in [2.05, 4.69) is 37.2 Å². The molecule has 0 bridgehead atoms. The summed E-state index contributed by atoms with van der Waals surface area (Å²) in [6.45, 7) is 13.1. The molecule has 1 saturated heterocycles. The van der Waals surface area contributed by atoms with E-state index in [1.807, 2.05) is 11.8 Å². The lowest BCUT2D eigenvalue weighted by Crippen LogP contribution is -2.39. The predicted molar refractivity (Wildman–Crippen MR) is 79.8 cm³/mol. The van der Waals surface area contributed by atoms with Gasteiger partial charge in [-0.15, -0.1) is 0 Å². The van der Waals surface area contributed by atoms with Crippen molar-refractivity contribution >= 4 is 11.8 Å². The molecule has 1 aliphatic heterocycles. The molecule has 0 radical (unpaired) electrons. The highest BCUT2D eigenvalue weighted by atomic mass is 32.2. The molecule has 0 aromatic heterocycles. The Hall–Kier alpha value is 0.270. The second-order valence-electron chi connectivity index (χ2n) is 5.89. The van der Waals surface area contributed by atoms with Gasteiger partial charge in [0.05, 0.1) is 0 Å². The molecule has 17 heavy (non-hydrogen) atoms. The van der Waals surface area contributed by atoms with Crippen molar-refractivity contribution in [3.63, 3.8) is 0 Å². The summed E-state index contributed by atoms with van der Waals surface area (Å²) in [6, 6.07) is 0. The fourth-order valence-electron chi connectivity index (χ4n) is 2.45. The monoisotopic (exact) mass is 258 g/mol. The molecule has 1 rings (SSSR count). The van der Waals surface area contributed by atoms with Crippen molar-refractivity contribution in [3.05, 3.63) is 0 Å². The lowest BCUT2D eigenvalue weighted by atomic mass is 10.1. The topological polar surface area (TPSA) is 15.3 Å². The van der Waals surface area contributed by atoms with Crippen molar-refractivity contribution in [1.82, 2.24) is 10.2 Å². The Kier molecular flexibility index (Phi) is 7.56. The summed E-state index contributed by atoms with van der Waals surface area (Å²) >= 11 is 2.04. The smallest absolute Gasteiger partial charge is 0.00685 e. The van der Waals surface area contributed by atoms with Gasteiger partial charge in [0, 0.05) is 11.8 Å². The van der Waals surface area contributed by atoms with Crippen LogP contribution in [0.25, 0.3) is 0 Å². The third-order valence-corrected chi connectivity index (χ3v) is 4.62. The molecular weight excluding hydrogens is 228 g/mol. The summed E-state index contributed by atoms with van der Waals surface area (Å²) in [5.74, 6) is 1.54. The third kappa shape index (κ3) is 6.68. The zero-order valence-electron chi connectivity index (χ0n) is 12.0. The van der Waals surface area contributed by atoms with E-state index in [0.29, 0.717) is 0 Å². The number of nitrogens with one attached hydrogen (secondary N) is 1. The maximum Gasteiger partial charge on any atom is 0.00685 e. The van der Waals surface area contributed by atoms with Crippen molar-refractivity contribution in [2.75, 3.05) is 39.0 Å². The van der Waals surface area contributed by atoms with Gasteiger partial charge in [-0.05, 0) is 57.1 Å². The van der Waals surface area contributed by atoms with Gasteiger partial charge in [-0.2, -0.15) is 11.8 Å². The van der Waals surface area contributed by atoms with Crippen LogP contribution in [0.4, 0.5) is 0 Å². The molecule has 102 valence electrons. The average molecular weight is 258 g/mol. The minimum absolute atomic E-state index is 0.763. The highest BCUT2D eigenvalue weighted by Gasteiger charge is 2.19. The molecule has 0 aromatic rings. The molecule has 1 atom stereocenters. The van der Waals surface area contributed by atoms with E-state index in [-0.39, 0.29) is 0 Å². The summed E-state index contributed by atoms with van der Waals surface area (Å²) in [5.41, 5.74) is 0. The van der Waals surface area contributed by atoms with Gasteiger partial charge in [-0.25, -0.2) is 0 Å². The van der Waals surface area contributed by atoms with E-state index in [1.54, 1.807) is 0 Å². The maximum atomic E-state index is 3.56. The zero-order chi connectivity index (χ0) is 12.7. The minimum atomic E-state index is 0.763. The SMILES string of the molecule is CSC1CCN(CC(C)CNCC(C)C)CC1. The Morgan fingerprint density at radius 1 is 1.18 bits per heavy atom. The van der Waals surface area contributed by atoms with Crippen molar-refractivity contribution in [2.45, 2.75) is 38.9 Å². The van der Waals surface area contributed by atoms with Crippen LogP contribution in [-0.4, -0.2) is 49.1 Å².